The van der Waals surface area contributed by atoms with Gasteiger partial charge in [-0.15, -0.1) is 0 Å². The Morgan fingerprint density at radius 3 is 1.36 bits per heavy atom. The third kappa shape index (κ3) is 4.68. The number of nitrogens with zero attached hydrogens (tertiary/aromatic N) is 4. The Hall–Kier alpha value is -1.14. The van der Waals surface area contributed by atoms with Crippen molar-refractivity contribution in [3.8, 4) is 0 Å². The van der Waals surface area contributed by atoms with Crippen LogP contribution < -0.4 is 0 Å². The molecule has 0 aliphatic heterocycles. The van der Waals surface area contributed by atoms with Crippen molar-refractivity contribution in [3.05, 3.63) is 35.9 Å². The van der Waals surface area contributed by atoms with Crippen LogP contribution >= 0.6 is 21.6 Å². The van der Waals surface area contributed by atoms with Crippen molar-refractivity contribution in [1.82, 2.24) is 19.9 Å². The van der Waals surface area contributed by atoms with E-state index < -0.39 is 0 Å². The van der Waals surface area contributed by atoms with Crippen LogP contribution in [0.15, 0.2) is 34.8 Å². The molecule has 118 valence electrons. The Morgan fingerprint density at radius 2 is 1.05 bits per heavy atom. The monoisotopic (exact) mass is 334 g/mol. The first-order valence-electron chi connectivity index (χ1n) is 7.18. The lowest BCUT2D eigenvalue weighted by molar-refractivity contribution is 0.558. The number of rotatable bonds is 3. The fourth-order valence-corrected chi connectivity index (χ4v) is 3.23. The van der Waals surface area contributed by atoms with Gasteiger partial charge in [0.25, 0.3) is 0 Å². The minimum absolute atomic E-state index is 0.0194. The molecule has 0 amide bonds. The van der Waals surface area contributed by atoms with Gasteiger partial charge < -0.3 is 0 Å². The van der Waals surface area contributed by atoms with Crippen molar-refractivity contribution >= 4 is 21.6 Å². The topological polar surface area (TPSA) is 51.6 Å². The van der Waals surface area contributed by atoms with E-state index in [0.717, 1.165) is 21.7 Å². The normalized spacial score (nSPS) is 12.5. The fraction of sp³-hybridized carbons (Fsp3) is 0.500. The predicted octanol–water partition coefficient (Wildman–Crippen LogP) is 4.66. The van der Waals surface area contributed by atoms with Gasteiger partial charge in [-0.3, -0.25) is 0 Å². The van der Waals surface area contributed by atoms with Gasteiger partial charge in [0.05, 0.1) is 11.4 Å². The molecule has 0 unspecified atom stereocenters. The van der Waals surface area contributed by atoms with Crippen LogP contribution in [0.4, 0.5) is 0 Å². The van der Waals surface area contributed by atoms with E-state index in [2.05, 4.69) is 61.5 Å². The van der Waals surface area contributed by atoms with Gasteiger partial charge in [-0.05, 0) is 33.7 Å². The number of aromatic nitrogens is 4. The van der Waals surface area contributed by atoms with Crippen LogP contribution in [0.25, 0.3) is 0 Å². The molecular formula is C16H22N4S2. The van der Waals surface area contributed by atoms with Gasteiger partial charge >= 0.3 is 0 Å². The first-order valence-corrected chi connectivity index (χ1v) is 9.33. The molecule has 0 saturated carbocycles. The second-order valence-electron chi connectivity index (χ2n) is 7.12. The van der Waals surface area contributed by atoms with E-state index in [-0.39, 0.29) is 10.8 Å². The molecule has 0 bridgehead atoms. The Bertz CT molecular complexity index is 588. The maximum absolute atomic E-state index is 4.61. The second kappa shape index (κ2) is 6.54. The van der Waals surface area contributed by atoms with Crippen molar-refractivity contribution in [2.75, 3.05) is 0 Å². The van der Waals surface area contributed by atoms with Gasteiger partial charge in [0.15, 0.2) is 10.3 Å². The highest BCUT2D eigenvalue weighted by Crippen LogP contribution is 2.34. The van der Waals surface area contributed by atoms with Crippen LogP contribution in [-0.4, -0.2) is 19.9 Å². The lowest BCUT2D eigenvalue weighted by Crippen LogP contribution is -2.14. The predicted molar refractivity (Wildman–Crippen MR) is 93.2 cm³/mol. The molecule has 0 saturated heterocycles. The van der Waals surface area contributed by atoms with Crippen LogP contribution in [0.3, 0.4) is 0 Å². The highest BCUT2D eigenvalue weighted by molar-refractivity contribution is 8.76. The molecule has 0 aliphatic carbocycles. The molecule has 0 spiro atoms. The molecular weight excluding hydrogens is 312 g/mol. The highest BCUT2D eigenvalue weighted by Gasteiger charge is 2.18. The number of hydrogen-bond donors (Lipinski definition) is 0. The molecule has 22 heavy (non-hydrogen) atoms. The minimum Gasteiger partial charge on any atom is -0.230 e. The lowest BCUT2D eigenvalue weighted by Gasteiger charge is -2.18. The summed E-state index contributed by atoms with van der Waals surface area (Å²) in [4.78, 5) is 17.8. The largest absolute Gasteiger partial charge is 0.230 e. The smallest absolute Gasteiger partial charge is 0.199 e. The quantitative estimate of drug-likeness (QED) is 0.601. The van der Waals surface area contributed by atoms with E-state index >= 15 is 0 Å². The molecule has 0 radical (unpaired) electrons. The molecule has 2 heterocycles. The van der Waals surface area contributed by atoms with Crippen molar-refractivity contribution in [2.24, 2.45) is 0 Å². The summed E-state index contributed by atoms with van der Waals surface area (Å²) in [5, 5.41) is 1.48. The zero-order valence-corrected chi connectivity index (χ0v) is 15.5. The van der Waals surface area contributed by atoms with E-state index in [1.54, 1.807) is 0 Å². The Morgan fingerprint density at radius 1 is 0.682 bits per heavy atom. The fourth-order valence-electron chi connectivity index (χ4n) is 1.67. The van der Waals surface area contributed by atoms with Crippen molar-refractivity contribution < 1.29 is 0 Å². The van der Waals surface area contributed by atoms with Gasteiger partial charge in [0, 0.05) is 23.2 Å². The van der Waals surface area contributed by atoms with E-state index in [1.165, 1.54) is 21.6 Å². The molecule has 4 nitrogen and oxygen atoms in total. The van der Waals surface area contributed by atoms with E-state index in [9.17, 15) is 0 Å². The summed E-state index contributed by atoms with van der Waals surface area (Å²) in [5.41, 5.74) is 2.11. The molecule has 6 heteroatoms. The van der Waals surface area contributed by atoms with E-state index in [4.69, 9.17) is 0 Å². The van der Waals surface area contributed by atoms with Crippen molar-refractivity contribution in [3.63, 3.8) is 0 Å². The first-order chi connectivity index (χ1) is 10.2. The molecule has 0 fully saturated rings. The second-order valence-corrected chi connectivity index (χ2v) is 9.18. The first kappa shape index (κ1) is 17.2. The van der Waals surface area contributed by atoms with Gasteiger partial charge in [-0.1, -0.05) is 41.5 Å². The molecule has 0 aromatic carbocycles. The molecule has 0 aliphatic rings. The molecule has 0 atom stereocenters. The molecule has 0 N–H and O–H groups in total. The Kier molecular flexibility index (Phi) is 5.12. The van der Waals surface area contributed by atoms with Crippen molar-refractivity contribution in [1.29, 1.82) is 0 Å². The third-order valence-corrected chi connectivity index (χ3v) is 4.91. The molecule has 2 rings (SSSR count). The summed E-state index contributed by atoms with van der Waals surface area (Å²) >= 11 is 0. The minimum atomic E-state index is 0.0194. The van der Waals surface area contributed by atoms with Gasteiger partial charge in [-0.25, -0.2) is 19.9 Å². The zero-order valence-electron chi connectivity index (χ0n) is 13.9. The van der Waals surface area contributed by atoms with Crippen LogP contribution in [-0.2, 0) is 10.8 Å². The summed E-state index contributed by atoms with van der Waals surface area (Å²) in [6.45, 7) is 12.9. The Labute approximate surface area is 140 Å². The maximum Gasteiger partial charge on any atom is 0.199 e. The summed E-state index contributed by atoms with van der Waals surface area (Å²) in [7, 11) is 2.99. The van der Waals surface area contributed by atoms with Gasteiger partial charge in [0.1, 0.15) is 0 Å². The SMILES string of the molecule is CC(C)(C)c1ccnc(SSc2nccc(C(C)(C)C)n2)n1. The lowest BCUT2D eigenvalue weighted by atomic mass is 9.92. The number of hydrogen-bond acceptors (Lipinski definition) is 6. The van der Waals surface area contributed by atoms with Crippen LogP contribution in [0, 0.1) is 0 Å². The van der Waals surface area contributed by atoms with E-state index in [0.29, 0.717) is 0 Å². The van der Waals surface area contributed by atoms with Crippen LogP contribution in [0.2, 0.25) is 0 Å². The standard InChI is InChI=1S/C16H22N4S2/c1-15(2,3)11-7-9-17-13(19-11)21-22-14-18-10-8-12(20-14)16(4,5)6/h7-10H,1-6H3. The maximum atomic E-state index is 4.61. The van der Waals surface area contributed by atoms with E-state index in [1.807, 2.05) is 24.5 Å². The van der Waals surface area contributed by atoms with Crippen LogP contribution in [0.5, 0.6) is 0 Å². The zero-order chi connectivity index (χ0) is 16.4. The highest BCUT2D eigenvalue weighted by atomic mass is 33.1. The molecule has 2 aromatic rings. The van der Waals surface area contributed by atoms with Crippen molar-refractivity contribution in [2.45, 2.75) is 62.7 Å². The Balaban J connectivity index is 2.11. The summed E-state index contributed by atoms with van der Waals surface area (Å²) in [6, 6.07) is 3.93. The van der Waals surface area contributed by atoms with Gasteiger partial charge in [0.2, 0.25) is 0 Å². The third-order valence-electron chi connectivity index (χ3n) is 2.99. The summed E-state index contributed by atoms with van der Waals surface area (Å²) < 4.78 is 0. The summed E-state index contributed by atoms with van der Waals surface area (Å²) in [5.74, 6) is 0. The summed E-state index contributed by atoms with van der Waals surface area (Å²) in [6.07, 6.45) is 3.62. The average molecular weight is 335 g/mol. The van der Waals surface area contributed by atoms with Gasteiger partial charge in [-0.2, -0.15) is 0 Å². The average Bonchev–Trinajstić information content (AvgIpc) is 2.44. The molecule has 2 aromatic heterocycles. The van der Waals surface area contributed by atoms with Crippen LogP contribution in [0.1, 0.15) is 52.9 Å².